The van der Waals surface area contributed by atoms with E-state index in [2.05, 4.69) is 49.5 Å². The van der Waals surface area contributed by atoms with Crippen molar-refractivity contribution in [3.8, 4) is 0 Å². The number of hydrogen-bond acceptors (Lipinski definition) is 3. The number of rotatable bonds is 2. The summed E-state index contributed by atoms with van der Waals surface area (Å²) in [6.45, 7) is 6.91. The van der Waals surface area contributed by atoms with E-state index in [0.29, 0.717) is 0 Å². The lowest BCUT2D eigenvalue weighted by atomic mass is 10.1. The lowest BCUT2D eigenvalue weighted by Crippen LogP contribution is -2.50. The fourth-order valence-electron chi connectivity index (χ4n) is 3.43. The average molecular weight is 313 g/mol. The Morgan fingerprint density at radius 1 is 1.33 bits per heavy atom. The summed E-state index contributed by atoms with van der Waals surface area (Å²) in [5.74, 6) is 1.32. The van der Waals surface area contributed by atoms with E-state index in [1.54, 1.807) is 0 Å². The second-order valence-corrected chi connectivity index (χ2v) is 5.98. The minimum absolute atomic E-state index is 0.761. The van der Waals surface area contributed by atoms with E-state index in [1.165, 1.54) is 43.9 Å². The zero-order chi connectivity index (χ0) is 12.7. The molecule has 1 aromatic rings. The molecular formula is C13H21BrN4. The average Bonchev–Trinajstić information content (AvgIpc) is 2.91. The van der Waals surface area contributed by atoms with Gasteiger partial charge in [-0.25, -0.2) is 0 Å². The van der Waals surface area contributed by atoms with Gasteiger partial charge < -0.3 is 4.90 Å². The molecule has 1 atom stereocenters. The molecule has 3 heterocycles. The third-order valence-electron chi connectivity index (χ3n) is 4.33. The Hall–Kier alpha value is -0.550. The van der Waals surface area contributed by atoms with Crippen LogP contribution in [0.5, 0.6) is 0 Å². The summed E-state index contributed by atoms with van der Waals surface area (Å²) < 4.78 is 2.05. The fraction of sp³-hybridized carbons (Fsp3) is 0.769. The van der Waals surface area contributed by atoms with Gasteiger partial charge in [-0.3, -0.25) is 9.58 Å². The van der Waals surface area contributed by atoms with Gasteiger partial charge in [0.2, 0.25) is 0 Å². The molecule has 5 heteroatoms. The highest BCUT2D eigenvalue weighted by Gasteiger charge is 2.32. The van der Waals surface area contributed by atoms with E-state index < -0.39 is 0 Å². The van der Waals surface area contributed by atoms with E-state index in [4.69, 9.17) is 0 Å². The van der Waals surface area contributed by atoms with Crippen LogP contribution < -0.4 is 4.90 Å². The van der Waals surface area contributed by atoms with Crippen molar-refractivity contribution >= 4 is 21.7 Å². The topological polar surface area (TPSA) is 24.3 Å². The third-order valence-corrected chi connectivity index (χ3v) is 4.89. The standard InChI is InChI=1S/C13H21BrN4/c1-10-12(8-14)13(16(2)15-10)18-7-6-17-5-3-4-11(17)9-18/h11H,3-9H2,1-2H3. The second-order valence-electron chi connectivity index (χ2n) is 5.42. The molecule has 100 valence electrons. The lowest BCUT2D eigenvalue weighted by Gasteiger charge is -2.39. The van der Waals surface area contributed by atoms with Crippen molar-refractivity contribution in [1.82, 2.24) is 14.7 Å². The number of anilines is 1. The predicted octanol–water partition coefficient (Wildman–Crippen LogP) is 1.91. The number of fused-ring (bicyclic) bond motifs is 1. The molecular weight excluding hydrogens is 292 g/mol. The van der Waals surface area contributed by atoms with Crippen LogP contribution in [0, 0.1) is 6.92 Å². The van der Waals surface area contributed by atoms with Crippen molar-refractivity contribution in [1.29, 1.82) is 0 Å². The molecule has 0 N–H and O–H groups in total. The molecule has 1 unspecified atom stereocenters. The Kier molecular flexibility index (Phi) is 3.36. The number of nitrogens with zero attached hydrogens (tertiary/aromatic N) is 4. The Bertz CT molecular complexity index is 442. The maximum absolute atomic E-state index is 4.57. The Morgan fingerprint density at radius 3 is 2.94 bits per heavy atom. The first kappa shape index (κ1) is 12.5. The highest BCUT2D eigenvalue weighted by molar-refractivity contribution is 9.08. The number of aryl methyl sites for hydroxylation is 2. The smallest absolute Gasteiger partial charge is 0.130 e. The largest absolute Gasteiger partial charge is 0.354 e. The van der Waals surface area contributed by atoms with Gasteiger partial charge in [-0.1, -0.05) is 15.9 Å². The van der Waals surface area contributed by atoms with Crippen molar-refractivity contribution < 1.29 is 0 Å². The van der Waals surface area contributed by atoms with Crippen LogP contribution in [0.1, 0.15) is 24.1 Å². The summed E-state index contributed by atoms with van der Waals surface area (Å²) in [4.78, 5) is 5.18. The minimum Gasteiger partial charge on any atom is -0.354 e. The van der Waals surface area contributed by atoms with Crippen molar-refractivity contribution in [3.05, 3.63) is 11.3 Å². The quantitative estimate of drug-likeness (QED) is 0.780. The zero-order valence-electron chi connectivity index (χ0n) is 11.2. The van der Waals surface area contributed by atoms with E-state index in [9.17, 15) is 0 Å². The molecule has 2 aliphatic rings. The second kappa shape index (κ2) is 4.85. The maximum Gasteiger partial charge on any atom is 0.130 e. The Labute approximate surface area is 117 Å². The van der Waals surface area contributed by atoms with E-state index in [-0.39, 0.29) is 0 Å². The van der Waals surface area contributed by atoms with Crippen molar-refractivity contribution in [2.24, 2.45) is 7.05 Å². The molecule has 0 radical (unpaired) electrons. The van der Waals surface area contributed by atoms with Gasteiger partial charge in [-0.2, -0.15) is 5.10 Å². The monoisotopic (exact) mass is 312 g/mol. The summed E-state index contributed by atoms with van der Waals surface area (Å²) >= 11 is 3.61. The van der Waals surface area contributed by atoms with Gasteiger partial charge in [-0.15, -0.1) is 0 Å². The lowest BCUT2D eigenvalue weighted by molar-refractivity contribution is 0.229. The van der Waals surface area contributed by atoms with Gasteiger partial charge in [0.05, 0.1) is 5.69 Å². The van der Waals surface area contributed by atoms with Crippen molar-refractivity contribution in [2.75, 3.05) is 31.1 Å². The molecule has 0 aromatic carbocycles. The van der Waals surface area contributed by atoms with Gasteiger partial charge in [0.1, 0.15) is 5.82 Å². The normalized spacial score (nSPS) is 24.6. The van der Waals surface area contributed by atoms with Gasteiger partial charge in [-0.05, 0) is 26.3 Å². The van der Waals surface area contributed by atoms with E-state index in [1.807, 2.05) is 0 Å². The van der Waals surface area contributed by atoms with Crippen LogP contribution in [0.2, 0.25) is 0 Å². The Morgan fingerprint density at radius 2 is 2.17 bits per heavy atom. The summed E-state index contributed by atoms with van der Waals surface area (Å²) in [6.07, 6.45) is 2.73. The molecule has 4 nitrogen and oxygen atoms in total. The van der Waals surface area contributed by atoms with Crippen LogP contribution >= 0.6 is 15.9 Å². The summed E-state index contributed by atoms with van der Waals surface area (Å²) in [5, 5.41) is 5.47. The first-order valence-corrected chi connectivity index (χ1v) is 7.90. The third kappa shape index (κ3) is 1.97. The molecule has 0 saturated carbocycles. The van der Waals surface area contributed by atoms with Crippen LogP contribution in [0.25, 0.3) is 0 Å². The zero-order valence-corrected chi connectivity index (χ0v) is 12.8. The number of hydrogen-bond donors (Lipinski definition) is 0. The van der Waals surface area contributed by atoms with Crippen LogP contribution in [0.3, 0.4) is 0 Å². The van der Waals surface area contributed by atoms with Crippen LogP contribution in [-0.4, -0.2) is 46.9 Å². The molecule has 3 rings (SSSR count). The molecule has 2 aliphatic heterocycles. The fourth-order valence-corrected chi connectivity index (χ4v) is 4.08. The summed E-state index contributed by atoms with van der Waals surface area (Å²) in [6, 6.07) is 0.761. The van der Waals surface area contributed by atoms with Crippen LogP contribution in [0.15, 0.2) is 0 Å². The van der Waals surface area contributed by atoms with E-state index in [0.717, 1.165) is 23.6 Å². The predicted molar refractivity (Wildman–Crippen MR) is 77.4 cm³/mol. The molecule has 0 aliphatic carbocycles. The van der Waals surface area contributed by atoms with Gasteiger partial charge in [0.25, 0.3) is 0 Å². The van der Waals surface area contributed by atoms with Gasteiger partial charge >= 0.3 is 0 Å². The van der Waals surface area contributed by atoms with Crippen molar-refractivity contribution in [2.45, 2.75) is 31.1 Å². The number of piperazine rings is 1. The molecule has 0 amide bonds. The maximum atomic E-state index is 4.57. The first-order chi connectivity index (χ1) is 8.70. The molecule has 18 heavy (non-hydrogen) atoms. The van der Waals surface area contributed by atoms with Gasteiger partial charge in [0.15, 0.2) is 0 Å². The van der Waals surface area contributed by atoms with E-state index >= 15 is 0 Å². The molecule has 0 spiro atoms. The molecule has 2 fully saturated rings. The highest BCUT2D eigenvalue weighted by Crippen LogP contribution is 2.30. The van der Waals surface area contributed by atoms with Crippen molar-refractivity contribution in [3.63, 3.8) is 0 Å². The van der Waals surface area contributed by atoms with Gasteiger partial charge in [0, 0.05) is 43.6 Å². The summed E-state index contributed by atoms with van der Waals surface area (Å²) in [7, 11) is 2.06. The molecule has 0 bridgehead atoms. The SMILES string of the molecule is Cc1nn(C)c(N2CCN3CCCC3C2)c1CBr. The van der Waals surface area contributed by atoms with Crippen LogP contribution in [-0.2, 0) is 12.4 Å². The highest BCUT2D eigenvalue weighted by atomic mass is 79.9. The number of alkyl halides is 1. The minimum atomic E-state index is 0.761. The Balaban J connectivity index is 1.86. The summed E-state index contributed by atoms with van der Waals surface area (Å²) in [5.41, 5.74) is 2.50. The molecule has 1 aromatic heterocycles. The first-order valence-electron chi connectivity index (χ1n) is 6.78. The number of halogens is 1. The number of aromatic nitrogens is 2. The van der Waals surface area contributed by atoms with Crippen LogP contribution in [0.4, 0.5) is 5.82 Å². The molecule has 2 saturated heterocycles.